The van der Waals surface area contributed by atoms with Gasteiger partial charge in [-0.25, -0.2) is 9.99 Å². The molecule has 0 unspecified atom stereocenters. The Morgan fingerprint density at radius 2 is 2.09 bits per heavy atom. The predicted molar refractivity (Wildman–Crippen MR) is 128 cm³/mol. The molecule has 0 radical (unpaired) electrons. The smallest absolute Gasteiger partial charge is 0.265 e. The molecule has 5 atom stereocenters. The van der Waals surface area contributed by atoms with Gasteiger partial charge in [-0.1, -0.05) is 12.1 Å². The minimum atomic E-state index is -0.377. The van der Waals surface area contributed by atoms with E-state index in [1.54, 1.807) is 24.4 Å². The van der Waals surface area contributed by atoms with Crippen molar-refractivity contribution in [3.05, 3.63) is 59.3 Å². The summed E-state index contributed by atoms with van der Waals surface area (Å²) in [6.45, 7) is 2.72. The third-order valence-electron chi connectivity index (χ3n) is 8.75. The summed E-state index contributed by atoms with van der Waals surface area (Å²) >= 11 is 0. The van der Waals surface area contributed by atoms with Crippen LogP contribution in [0.25, 0.3) is 0 Å². The average Bonchev–Trinajstić information content (AvgIpc) is 3.50. The maximum absolute atomic E-state index is 12.8. The van der Waals surface area contributed by atoms with Crippen LogP contribution in [0.4, 0.5) is 0 Å². The van der Waals surface area contributed by atoms with Crippen LogP contribution < -0.4 is 14.9 Å². The van der Waals surface area contributed by atoms with Crippen LogP contribution in [-0.2, 0) is 11.8 Å². The second-order valence-corrected chi connectivity index (χ2v) is 10.5. The molecule has 182 valence electrons. The Kier molecular flexibility index (Phi) is 4.66. The number of phenolic OH excluding ortho intramolecular Hbond substituents is 1. The number of aromatic nitrogens is 1. The summed E-state index contributed by atoms with van der Waals surface area (Å²) in [4.78, 5) is 19.6. The molecule has 3 aliphatic heterocycles. The summed E-state index contributed by atoms with van der Waals surface area (Å²) in [7, 11) is 2.20. The Labute approximate surface area is 204 Å². The predicted octanol–water partition coefficient (Wildman–Crippen LogP) is 2.42. The van der Waals surface area contributed by atoms with Crippen molar-refractivity contribution < 1.29 is 19.4 Å². The monoisotopic (exact) mass is 474 g/mol. The summed E-state index contributed by atoms with van der Waals surface area (Å²) < 4.78 is 13.0. The first kappa shape index (κ1) is 21.2. The minimum Gasteiger partial charge on any atom is -0.504 e. The first-order valence-electron chi connectivity index (χ1n) is 12.6. The molecule has 1 aromatic heterocycles. The summed E-state index contributed by atoms with van der Waals surface area (Å²) in [6.07, 6.45) is 9.43. The van der Waals surface area contributed by atoms with Crippen LogP contribution in [0.15, 0.2) is 42.6 Å². The second kappa shape index (κ2) is 7.70. The van der Waals surface area contributed by atoms with Gasteiger partial charge in [0, 0.05) is 53.9 Å². The van der Waals surface area contributed by atoms with Crippen LogP contribution in [0.2, 0.25) is 0 Å². The molecule has 2 aromatic rings. The van der Waals surface area contributed by atoms with Gasteiger partial charge in [0.05, 0.1) is 0 Å². The van der Waals surface area contributed by atoms with Gasteiger partial charge in [-0.05, 0) is 63.0 Å². The topological polar surface area (TPSA) is 87.2 Å². The molecule has 1 spiro atoms. The number of nitrogens with zero attached hydrogens (tertiary/aromatic N) is 3. The molecule has 5 aliphatic rings. The quantitative estimate of drug-likeness (QED) is 0.658. The fourth-order valence-electron chi connectivity index (χ4n) is 7.11. The van der Waals surface area contributed by atoms with E-state index in [-0.39, 0.29) is 29.3 Å². The number of amides is 1. The van der Waals surface area contributed by atoms with Crippen LogP contribution in [-0.4, -0.2) is 70.8 Å². The lowest BCUT2D eigenvalue weighted by molar-refractivity contribution is -0.0391. The molecule has 7 rings (SSSR count). The number of likely N-dealkylation sites (tertiary alicyclic amines) is 1. The van der Waals surface area contributed by atoms with E-state index in [2.05, 4.69) is 40.6 Å². The lowest BCUT2D eigenvalue weighted by Gasteiger charge is -2.56. The number of likely N-dealkylation sites (N-methyl/N-ethyl adjacent to an activating group) is 1. The SMILES string of the molecule is CN1CC[C@]23c4c5ccc(O)c4O[C@H]2[C@@H](Oc2cc(C(=O)NN4CCCC4)ccn2)C=C[C@H]3[C@H]1C5. The van der Waals surface area contributed by atoms with Gasteiger partial charge in [-0.15, -0.1) is 0 Å². The zero-order valence-electron chi connectivity index (χ0n) is 19.8. The Balaban J connectivity index is 1.21. The second-order valence-electron chi connectivity index (χ2n) is 10.5. The molecule has 2 bridgehead atoms. The number of hydrazine groups is 1. The number of piperidine rings is 1. The van der Waals surface area contributed by atoms with Crippen molar-refractivity contribution in [1.29, 1.82) is 0 Å². The van der Waals surface area contributed by atoms with Crippen molar-refractivity contribution in [2.45, 2.75) is 49.3 Å². The van der Waals surface area contributed by atoms with Gasteiger partial charge < -0.3 is 19.5 Å². The van der Waals surface area contributed by atoms with Crippen LogP contribution in [0.1, 0.15) is 40.7 Å². The third-order valence-corrected chi connectivity index (χ3v) is 8.75. The Hall–Kier alpha value is -3.10. The number of benzene rings is 1. The van der Waals surface area contributed by atoms with Gasteiger partial charge in [0.1, 0.15) is 6.10 Å². The molecule has 2 fully saturated rings. The molecule has 4 heterocycles. The van der Waals surface area contributed by atoms with Crippen molar-refractivity contribution in [1.82, 2.24) is 20.3 Å². The van der Waals surface area contributed by atoms with Crippen LogP contribution in [0, 0.1) is 5.92 Å². The van der Waals surface area contributed by atoms with E-state index >= 15 is 0 Å². The van der Waals surface area contributed by atoms with E-state index in [1.807, 2.05) is 5.01 Å². The maximum atomic E-state index is 12.8. The van der Waals surface area contributed by atoms with Gasteiger partial charge >= 0.3 is 0 Å². The molecule has 0 saturated carbocycles. The Morgan fingerprint density at radius 3 is 2.94 bits per heavy atom. The van der Waals surface area contributed by atoms with Crippen molar-refractivity contribution in [3.63, 3.8) is 0 Å². The van der Waals surface area contributed by atoms with Crippen LogP contribution >= 0.6 is 0 Å². The highest BCUT2D eigenvalue weighted by molar-refractivity contribution is 5.94. The molecule has 1 aromatic carbocycles. The van der Waals surface area contributed by atoms with E-state index in [0.717, 1.165) is 45.3 Å². The van der Waals surface area contributed by atoms with Crippen molar-refractivity contribution >= 4 is 5.91 Å². The van der Waals surface area contributed by atoms with Crippen molar-refractivity contribution in [2.24, 2.45) is 5.92 Å². The number of rotatable bonds is 4. The van der Waals surface area contributed by atoms with E-state index in [9.17, 15) is 9.90 Å². The van der Waals surface area contributed by atoms with Gasteiger partial charge in [-0.3, -0.25) is 10.2 Å². The largest absolute Gasteiger partial charge is 0.504 e. The molecule has 2 aliphatic carbocycles. The van der Waals surface area contributed by atoms with Crippen molar-refractivity contribution in [3.8, 4) is 17.4 Å². The number of aromatic hydroxyl groups is 1. The zero-order valence-corrected chi connectivity index (χ0v) is 19.8. The lowest BCUT2D eigenvalue weighted by Crippen LogP contribution is -2.65. The molecule has 2 N–H and O–H groups in total. The molecule has 8 heteroatoms. The first-order valence-corrected chi connectivity index (χ1v) is 12.6. The summed E-state index contributed by atoms with van der Waals surface area (Å²) in [6, 6.07) is 7.62. The normalized spacial score (nSPS) is 32.7. The van der Waals surface area contributed by atoms with Gasteiger partial charge in [-0.2, -0.15) is 0 Å². The molecular formula is C27H30N4O4. The highest BCUT2D eigenvalue weighted by Crippen LogP contribution is 2.62. The lowest BCUT2D eigenvalue weighted by atomic mass is 9.53. The molecule has 1 amide bonds. The Morgan fingerprint density at radius 1 is 1.23 bits per heavy atom. The standard InChI is InChI=1S/C27H30N4O4/c1-30-13-9-27-18-5-7-21(25(27)35-24-20(32)6-4-16(23(24)27)14-19(18)30)34-22-15-17(8-10-28-22)26(33)29-31-11-2-3-12-31/h4-8,10,15,18-19,21,25,32H,2-3,9,11-14H2,1H3,(H,29,33)/t18-,19+,21-,25-,27-/m0/s1. The van der Waals surface area contributed by atoms with Gasteiger partial charge in [0.25, 0.3) is 5.91 Å². The Bertz CT molecular complexity index is 1230. The number of nitrogens with one attached hydrogen (secondary N) is 1. The third kappa shape index (κ3) is 3.06. The van der Waals surface area contributed by atoms with Gasteiger partial charge in [0.2, 0.25) is 5.88 Å². The summed E-state index contributed by atoms with van der Waals surface area (Å²) in [5.74, 6) is 1.35. The number of ether oxygens (including phenoxy) is 2. The van der Waals surface area contributed by atoms with Crippen molar-refractivity contribution in [2.75, 3.05) is 26.7 Å². The zero-order chi connectivity index (χ0) is 23.7. The number of carbonyl (C=O) groups is 1. The highest BCUT2D eigenvalue weighted by Gasteiger charge is 2.65. The maximum Gasteiger partial charge on any atom is 0.265 e. The van der Waals surface area contributed by atoms with E-state index < -0.39 is 0 Å². The van der Waals surface area contributed by atoms with E-state index in [4.69, 9.17) is 9.47 Å². The molecule has 35 heavy (non-hydrogen) atoms. The fraction of sp³-hybridized carbons (Fsp3) is 0.481. The number of carbonyl (C=O) groups excluding carboxylic acids is 1. The molecule has 2 saturated heterocycles. The highest BCUT2D eigenvalue weighted by atomic mass is 16.6. The van der Waals surface area contributed by atoms with E-state index in [0.29, 0.717) is 29.2 Å². The van der Waals surface area contributed by atoms with Gasteiger partial charge in [0.15, 0.2) is 17.6 Å². The number of phenols is 1. The summed E-state index contributed by atoms with van der Waals surface area (Å²) in [5.41, 5.74) is 5.69. The number of pyridine rings is 1. The first-order chi connectivity index (χ1) is 17.0. The van der Waals surface area contributed by atoms with Crippen LogP contribution in [0.5, 0.6) is 17.4 Å². The molecular weight excluding hydrogens is 444 g/mol. The molecule has 8 nitrogen and oxygen atoms in total. The van der Waals surface area contributed by atoms with E-state index in [1.165, 1.54) is 11.1 Å². The average molecular weight is 475 g/mol. The summed E-state index contributed by atoms with van der Waals surface area (Å²) in [5, 5.41) is 12.7. The van der Waals surface area contributed by atoms with Crippen LogP contribution in [0.3, 0.4) is 0 Å². The fourth-order valence-corrected chi connectivity index (χ4v) is 7.11. The number of hydrogen-bond donors (Lipinski definition) is 2. The number of hydrogen-bond acceptors (Lipinski definition) is 7. The minimum absolute atomic E-state index is 0.151.